The Hall–Kier alpha value is -3.17. The van der Waals surface area contributed by atoms with Crippen molar-refractivity contribution in [1.29, 1.82) is 5.26 Å². The number of nitriles is 1. The van der Waals surface area contributed by atoms with Gasteiger partial charge in [0, 0.05) is 5.56 Å². The molecule has 0 saturated heterocycles. The third-order valence-electron chi connectivity index (χ3n) is 3.87. The minimum absolute atomic E-state index is 0.132. The Labute approximate surface area is 161 Å². The topological polar surface area (TPSA) is 72.2 Å². The number of carbonyl (C=O) groups is 1. The van der Waals surface area contributed by atoms with Crippen molar-refractivity contribution < 1.29 is 14.3 Å². The lowest BCUT2D eigenvalue weighted by Gasteiger charge is -2.13. The van der Waals surface area contributed by atoms with Crippen LogP contribution in [0.15, 0.2) is 47.8 Å². The fourth-order valence-electron chi connectivity index (χ4n) is 2.58. The van der Waals surface area contributed by atoms with Gasteiger partial charge in [-0.2, -0.15) is 5.26 Å². The maximum atomic E-state index is 11.7. The molecule has 1 aromatic carbocycles. The number of benzene rings is 1. The van der Waals surface area contributed by atoms with Crippen LogP contribution >= 0.6 is 11.3 Å². The molecule has 0 radical (unpaired) electrons. The number of nitrogens with zero attached hydrogens (tertiary/aromatic N) is 2. The molecular formula is C21H18N2O3S. The molecule has 0 bridgehead atoms. The summed E-state index contributed by atoms with van der Waals surface area (Å²) in [6.45, 7) is 3.71. The van der Waals surface area contributed by atoms with Gasteiger partial charge in [-0.05, 0) is 36.9 Å². The molecule has 27 heavy (non-hydrogen) atoms. The highest BCUT2D eigenvalue weighted by Gasteiger charge is 2.18. The Morgan fingerprint density at radius 3 is 2.67 bits per heavy atom. The van der Waals surface area contributed by atoms with Gasteiger partial charge >= 0.3 is 5.97 Å². The summed E-state index contributed by atoms with van der Waals surface area (Å²) in [6.07, 6.45) is 0. The number of hydrogen-bond acceptors (Lipinski definition) is 6. The van der Waals surface area contributed by atoms with Gasteiger partial charge in [-0.15, -0.1) is 11.3 Å². The van der Waals surface area contributed by atoms with Crippen molar-refractivity contribution in [1.82, 2.24) is 4.98 Å². The van der Waals surface area contributed by atoms with E-state index in [1.165, 1.54) is 0 Å². The van der Waals surface area contributed by atoms with E-state index in [9.17, 15) is 10.1 Å². The van der Waals surface area contributed by atoms with Gasteiger partial charge in [-0.25, -0.2) is 9.78 Å². The highest BCUT2D eigenvalue weighted by atomic mass is 32.1. The highest BCUT2D eigenvalue weighted by molar-refractivity contribution is 7.13. The third-order valence-corrected chi connectivity index (χ3v) is 4.76. The summed E-state index contributed by atoms with van der Waals surface area (Å²) in [7, 11) is 0. The van der Waals surface area contributed by atoms with Crippen molar-refractivity contribution in [2.45, 2.75) is 13.8 Å². The number of aryl methyl sites for hydroxylation is 1. The second-order valence-electron chi connectivity index (χ2n) is 5.78. The molecule has 3 rings (SSSR count). The summed E-state index contributed by atoms with van der Waals surface area (Å²) < 4.78 is 10.5. The predicted molar refractivity (Wildman–Crippen MR) is 105 cm³/mol. The summed E-state index contributed by atoms with van der Waals surface area (Å²) in [5.41, 5.74) is 3.72. The van der Waals surface area contributed by atoms with Gasteiger partial charge < -0.3 is 9.47 Å². The van der Waals surface area contributed by atoms with E-state index in [-0.39, 0.29) is 19.1 Å². The number of ether oxygens (including phenoxy) is 2. The summed E-state index contributed by atoms with van der Waals surface area (Å²) in [5.74, 6) is -0.367. The fourth-order valence-corrected chi connectivity index (χ4v) is 3.26. The van der Waals surface area contributed by atoms with Crippen LogP contribution in [0.2, 0.25) is 0 Å². The first-order valence-corrected chi connectivity index (χ1v) is 9.34. The van der Waals surface area contributed by atoms with Crippen LogP contribution in [0.1, 0.15) is 18.1 Å². The van der Waals surface area contributed by atoms with Gasteiger partial charge in [0.2, 0.25) is 5.88 Å². The van der Waals surface area contributed by atoms with Gasteiger partial charge in [0.25, 0.3) is 0 Å². The Morgan fingerprint density at radius 1 is 1.26 bits per heavy atom. The van der Waals surface area contributed by atoms with Crippen LogP contribution in [0, 0.1) is 18.3 Å². The minimum Gasteiger partial charge on any atom is -0.465 e. The molecule has 2 heterocycles. The maximum Gasteiger partial charge on any atom is 0.344 e. The van der Waals surface area contributed by atoms with Crippen LogP contribution in [0.4, 0.5) is 0 Å². The van der Waals surface area contributed by atoms with Crippen LogP contribution in [-0.4, -0.2) is 24.2 Å². The summed E-state index contributed by atoms with van der Waals surface area (Å²) in [6, 6.07) is 15.8. The molecule has 136 valence electrons. The first-order chi connectivity index (χ1) is 13.1. The van der Waals surface area contributed by atoms with E-state index >= 15 is 0 Å². The van der Waals surface area contributed by atoms with Crippen molar-refractivity contribution in [3.05, 3.63) is 59.0 Å². The van der Waals surface area contributed by atoms with E-state index in [2.05, 4.69) is 11.1 Å². The number of thiophene rings is 1. The summed E-state index contributed by atoms with van der Waals surface area (Å²) >= 11 is 1.54. The summed E-state index contributed by atoms with van der Waals surface area (Å²) in [4.78, 5) is 17.1. The first kappa shape index (κ1) is 18.6. The smallest absolute Gasteiger partial charge is 0.344 e. The molecule has 0 atom stereocenters. The lowest BCUT2D eigenvalue weighted by atomic mass is 9.99. The largest absolute Gasteiger partial charge is 0.465 e. The number of carbonyl (C=O) groups excluding carboxylic acids is 1. The van der Waals surface area contributed by atoms with Gasteiger partial charge in [0.1, 0.15) is 11.6 Å². The first-order valence-electron chi connectivity index (χ1n) is 8.47. The van der Waals surface area contributed by atoms with Gasteiger partial charge in [0.05, 0.1) is 17.2 Å². The molecule has 6 heteroatoms. The van der Waals surface area contributed by atoms with E-state index in [1.54, 1.807) is 18.3 Å². The minimum atomic E-state index is -0.499. The normalized spacial score (nSPS) is 10.3. The van der Waals surface area contributed by atoms with E-state index in [4.69, 9.17) is 9.47 Å². The molecule has 0 spiro atoms. The standard InChI is InChI=1S/C21H18N2O3S/c1-3-25-20(24)13-26-21-17(12-22)16(15-8-6-14(2)7-9-15)11-18(23-21)19-5-4-10-27-19/h4-11H,3,13H2,1-2H3. The van der Waals surface area contributed by atoms with Crippen LogP contribution in [0.5, 0.6) is 5.88 Å². The van der Waals surface area contributed by atoms with Crippen molar-refractivity contribution in [2.75, 3.05) is 13.2 Å². The van der Waals surface area contributed by atoms with Crippen molar-refractivity contribution in [2.24, 2.45) is 0 Å². The molecule has 0 aliphatic heterocycles. The molecule has 0 saturated carbocycles. The predicted octanol–water partition coefficient (Wildman–Crippen LogP) is 4.60. The molecule has 0 N–H and O–H groups in total. The van der Waals surface area contributed by atoms with Gasteiger partial charge in [-0.1, -0.05) is 35.9 Å². The monoisotopic (exact) mass is 378 g/mol. The highest BCUT2D eigenvalue weighted by Crippen LogP contribution is 2.34. The number of aromatic nitrogens is 1. The zero-order valence-corrected chi connectivity index (χ0v) is 15.9. The fraction of sp³-hybridized carbons (Fsp3) is 0.190. The Morgan fingerprint density at radius 2 is 2.04 bits per heavy atom. The molecule has 5 nitrogen and oxygen atoms in total. The average molecular weight is 378 g/mol. The van der Waals surface area contributed by atoms with Gasteiger partial charge in [-0.3, -0.25) is 0 Å². The quantitative estimate of drug-likeness (QED) is 0.586. The molecule has 0 amide bonds. The Balaban J connectivity index is 2.09. The molecule has 0 aliphatic carbocycles. The average Bonchev–Trinajstić information content (AvgIpc) is 3.21. The molecular weight excluding hydrogens is 360 g/mol. The second-order valence-corrected chi connectivity index (χ2v) is 6.73. The molecule has 0 fully saturated rings. The lowest BCUT2D eigenvalue weighted by molar-refractivity contribution is -0.145. The van der Waals surface area contributed by atoms with E-state index in [1.807, 2.05) is 54.8 Å². The number of hydrogen-bond donors (Lipinski definition) is 0. The molecule has 0 unspecified atom stereocenters. The zero-order chi connectivity index (χ0) is 19.2. The number of pyridine rings is 1. The van der Waals surface area contributed by atoms with Crippen LogP contribution < -0.4 is 4.74 Å². The van der Waals surface area contributed by atoms with Crippen LogP contribution in [-0.2, 0) is 9.53 Å². The number of rotatable bonds is 6. The van der Waals surface area contributed by atoms with Crippen molar-refractivity contribution in [3.63, 3.8) is 0 Å². The van der Waals surface area contributed by atoms with E-state index in [0.29, 0.717) is 11.3 Å². The van der Waals surface area contributed by atoms with Gasteiger partial charge in [0.15, 0.2) is 6.61 Å². The van der Waals surface area contributed by atoms with Crippen LogP contribution in [0.3, 0.4) is 0 Å². The van der Waals surface area contributed by atoms with Crippen molar-refractivity contribution >= 4 is 17.3 Å². The summed E-state index contributed by atoms with van der Waals surface area (Å²) in [5, 5.41) is 11.7. The maximum absolute atomic E-state index is 11.7. The van der Waals surface area contributed by atoms with Crippen LogP contribution in [0.25, 0.3) is 21.7 Å². The number of esters is 1. The molecule has 0 aliphatic rings. The van der Waals surface area contributed by atoms with E-state index < -0.39 is 5.97 Å². The van der Waals surface area contributed by atoms with Crippen molar-refractivity contribution in [3.8, 4) is 33.6 Å². The second kappa shape index (κ2) is 8.47. The Kier molecular flexibility index (Phi) is 5.84. The SMILES string of the molecule is CCOC(=O)COc1nc(-c2cccs2)cc(-c2ccc(C)cc2)c1C#N. The lowest BCUT2D eigenvalue weighted by Crippen LogP contribution is -2.16. The molecule has 2 aromatic heterocycles. The van der Waals surface area contributed by atoms with E-state index in [0.717, 1.165) is 21.6 Å². The Bertz CT molecular complexity index is 974. The third kappa shape index (κ3) is 4.33. The molecule has 3 aromatic rings. The zero-order valence-electron chi connectivity index (χ0n) is 15.1.